The van der Waals surface area contributed by atoms with Gasteiger partial charge in [0.15, 0.2) is 5.17 Å². The summed E-state index contributed by atoms with van der Waals surface area (Å²) in [6, 6.07) is 5.57. The van der Waals surface area contributed by atoms with E-state index in [2.05, 4.69) is 24.2 Å². The number of hydrogen-bond acceptors (Lipinski definition) is 3. The van der Waals surface area contributed by atoms with Gasteiger partial charge < -0.3 is 5.32 Å². The highest BCUT2D eigenvalue weighted by atomic mass is 32.2. The average molecular weight is 305 g/mol. The van der Waals surface area contributed by atoms with Gasteiger partial charge in [-0.1, -0.05) is 43.8 Å². The van der Waals surface area contributed by atoms with Gasteiger partial charge in [-0.25, -0.2) is 4.79 Å². The first kappa shape index (κ1) is 15.6. The summed E-state index contributed by atoms with van der Waals surface area (Å²) in [5.41, 5.74) is 3.02. The van der Waals surface area contributed by atoms with Crippen molar-refractivity contribution in [3.63, 3.8) is 0 Å². The van der Waals surface area contributed by atoms with Crippen LogP contribution < -0.4 is 5.32 Å². The first-order valence-electron chi connectivity index (χ1n) is 6.96. The molecule has 1 heterocycles. The minimum atomic E-state index is -0.436. The molecule has 0 aromatic heterocycles. The molecule has 1 N–H and O–H groups in total. The van der Waals surface area contributed by atoms with Gasteiger partial charge in [-0.2, -0.15) is 4.99 Å². The van der Waals surface area contributed by atoms with E-state index >= 15 is 0 Å². The molecule has 0 saturated carbocycles. The predicted molar refractivity (Wildman–Crippen MR) is 86.9 cm³/mol. The molecule has 1 fully saturated rings. The molecule has 1 aliphatic rings. The molecule has 1 saturated heterocycles. The molecule has 112 valence electrons. The SMILES string of the molecule is CCc1cccc(CC)c1NC(=O)N=C1SCC(=O)N1C. The Kier molecular flexibility index (Phi) is 5.01. The fourth-order valence-corrected chi connectivity index (χ4v) is 3.05. The molecule has 21 heavy (non-hydrogen) atoms. The van der Waals surface area contributed by atoms with Crippen molar-refractivity contribution in [1.82, 2.24) is 4.90 Å². The summed E-state index contributed by atoms with van der Waals surface area (Å²) in [5.74, 6) is 0.309. The third kappa shape index (κ3) is 3.44. The quantitative estimate of drug-likeness (QED) is 0.934. The van der Waals surface area contributed by atoms with E-state index in [0.717, 1.165) is 29.7 Å². The van der Waals surface area contributed by atoms with Crippen LogP contribution in [0.15, 0.2) is 23.2 Å². The molecule has 0 radical (unpaired) electrons. The number of hydrogen-bond donors (Lipinski definition) is 1. The molecule has 0 atom stereocenters. The van der Waals surface area contributed by atoms with Crippen molar-refractivity contribution in [2.75, 3.05) is 18.1 Å². The van der Waals surface area contributed by atoms with Gasteiger partial charge in [0.25, 0.3) is 0 Å². The molecule has 0 bridgehead atoms. The van der Waals surface area contributed by atoms with E-state index in [1.165, 1.54) is 16.7 Å². The number of carbonyl (C=O) groups excluding carboxylic acids is 2. The van der Waals surface area contributed by atoms with Crippen LogP contribution in [0.2, 0.25) is 0 Å². The lowest BCUT2D eigenvalue weighted by Gasteiger charge is -2.13. The smallest absolute Gasteiger partial charge is 0.305 e. The molecule has 1 aromatic rings. The number of carbonyl (C=O) groups is 2. The Morgan fingerprint density at radius 2 is 1.95 bits per heavy atom. The van der Waals surface area contributed by atoms with Crippen molar-refractivity contribution in [2.45, 2.75) is 26.7 Å². The van der Waals surface area contributed by atoms with E-state index in [9.17, 15) is 9.59 Å². The number of nitrogens with one attached hydrogen (secondary N) is 1. The Balaban J connectivity index is 2.20. The van der Waals surface area contributed by atoms with Gasteiger partial charge in [0.2, 0.25) is 5.91 Å². The molecule has 1 aromatic carbocycles. The van der Waals surface area contributed by atoms with Crippen LogP contribution in [0, 0.1) is 0 Å². The summed E-state index contributed by atoms with van der Waals surface area (Å²) in [4.78, 5) is 28.9. The maximum Gasteiger partial charge on any atom is 0.347 e. The van der Waals surface area contributed by atoms with Crippen molar-refractivity contribution in [2.24, 2.45) is 4.99 Å². The second-order valence-corrected chi connectivity index (χ2v) is 5.67. The van der Waals surface area contributed by atoms with Gasteiger partial charge in [-0.15, -0.1) is 0 Å². The Labute approximate surface area is 128 Å². The van der Waals surface area contributed by atoms with E-state index in [1.54, 1.807) is 7.05 Å². The van der Waals surface area contributed by atoms with Crippen LogP contribution in [0.3, 0.4) is 0 Å². The van der Waals surface area contributed by atoms with E-state index in [-0.39, 0.29) is 5.91 Å². The number of amidine groups is 1. The molecule has 0 spiro atoms. The number of nitrogens with zero attached hydrogens (tertiary/aromatic N) is 2. The zero-order valence-electron chi connectivity index (χ0n) is 12.5. The van der Waals surface area contributed by atoms with Crippen molar-refractivity contribution in [3.05, 3.63) is 29.3 Å². The number of benzene rings is 1. The van der Waals surface area contributed by atoms with Gasteiger partial charge in [0.05, 0.1) is 5.75 Å². The number of rotatable bonds is 3. The summed E-state index contributed by atoms with van der Waals surface area (Å²) < 4.78 is 0. The molecule has 2 rings (SSSR count). The fraction of sp³-hybridized carbons (Fsp3) is 0.400. The van der Waals surface area contributed by atoms with Gasteiger partial charge >= 0.3 is 6.03 Å². The van der Waals surface area contributed by atoms with Crippen molar-refractivity contribution >= 4 is 34.6 Å². The zero-order chi connectivity index (χ0) is 15.4. The van der Waals surface area contributed by atoms with Crippen LogP contribution in [0.1, 0.15) is 25.0 Å². The molecule has 1 aliphatic heterocycles. The van der Waals surface area contributed by atoms with Gasteiger partial charge in [0, 0.05) is 12.7 Å². The highest BCUT2D eigenvalue weighted by Crippen LogP contribution is 2.23. The summed E-state index contributed by atoms with van der Waals surface area (Å²) >= 11 is 1.28. The lowest BCUT2D eigenvalue weighted by molar-refractivity contribution is -0.123. The summed E-state index contributed by atoms with van der Waals surface area (Å²) in [6.07, 6.45) is 1.68. The zero-order valence-corrected chi connectivity index (χ0v) is 13.3. The van der Waals surface area contributed by atoms with E-state index < -0.39 is 6.03 Å². The van der Waals surface area contributed by atoms with E-state index in [4.69, 9.17) is 0 Å². The number of thioether (sulfide) groups is 1. The van der Waals surface area contributed by atoms with Crippen molar-refractivity contribution in [3.8, 4) is 0 Å². The standard InChI is InChI=1S/C15H19N3O2S/c1-4-10-7-6-8-11(5-2)13(10)16-14(20)17-15-18(3)12(19)9-21-15/h6-8H,4-5,9H2,1-3H3,(H,16,20). The molecule has 6 heteroatoms. The number of aryl methyl sites for hydroxylation is 2. The van der Waals surface area contributed by atoms with Crippen LogP contribution in [0.4, 0.5) is 10.5 Å². The monoisotopic (exact) mass is 305 g/mol. The maximum absolute atomic E-state index is 12.1. The summed E-state index contributed by atoms with van der Waals surface area (Å²) in [5, 5.41) is 3.31. The Morgan fingerprint density at radius 1 is 1.33 bits per heavy atom. The Bertz CT molecular complexity index is 576. The lowest BCUT2D eigenvalue weighted by Crippen LogP contribution is -2.25. The van der Waals surface area contributed by atoms with Crippen molar-refractivity contribution < 1.29 is 9.59 Å². The van der Waals surface area contributed by atoms with Crippen LogP contribution in [0.25, 0.3) is 0 Å². The van der Waals surface area contributed by atoms with Crippen LogP contribution >= 0.6 is 11.8 Å². The Hall–Kier alpha value is -1.82. The summed E-state index contributed by atoms with van der Waals surface area (Å²) in [7, 11) is 1.63. The molecular formula is C15H19N3O2S. The van der Waals surface area contributed by atoms with Gasteiger partial charge in [-0.05, 0) is 24.0 Å². The predicted octanol–water partition coefficient (Wildman–Crippen LogP) is 2.90. The molecular weight excluding hydrogens is 286 g/mol. The van der Waals surface area contributed by atoms with Crippen LogP contribution in [-0.2, 0) is 17.6 Å². The minimum Gasteiger partial charge on any atom is -0.305 e. The third-order valence-corrected chi connectivity index (χ3v) is 4.43. The number of aliphatic imine (C=N–C) groups is 1. The highest BCUT2D eigenvalue weighted by Gasteiger charge is 2.25. The second kappa shape index (κ2) is 6.76. The molecule has 0 aliphatic carbocycles. The molecule has 3 amide bonds. The molecule has 5 nitrogen and oxygen atoms in total. The fourth-order valence-electron chi connectivity index (χ4n) is 2.16. The van der Waals surface area contributed by atoms with Gasteiger partial charge in [0.1, 0.15) is 0 Å². The average Bonchev–Trinajstić information content (AvgIpc) is 2.79. The van der Waals surface area contributed by atoms with Crippen molar-refractivity contribution in [1.29, 1.82) is 0 Å². The topological polar surface area (TPSA) is 61.8 Å². The number of urea groups is 1. The maximum atomic E-state index is 12.1. The summed E-state index contributed by atoms with van der Waals surface area (Å²) in [6.45, 7) is 4.10. The second-order valence-electron chi connectivity index (χ2n) is 4.72. The largest absolute Gasteiger partial charge is 0.347 e. The number of anilines is 1. The van der Waals surface area contributed by atoms with Gasteiger partial charge in [-0.3, -0.25) is 9.69 Å². The van der Waals surface area contributed by atoms with Crippen LogP contribution in [-0.4, -0.2) is 34.8 Å². The number of para-hydroxylation sites is 1. The minimum absolute atomic E-state index is 0.0326. The Morgan fingerprint density at radius 3 is 2.43 bits per heavy atom. The van der Waals surface area contributed by atoms with Crippen LogP contribution in [0.5, 0.6) is 0 Å². The van der Waals surface area contributed by atoms with E-state index in [0.29, 0.717) is 10.9 Å². The third-order valence-electron chi connectivity index (χ3n) is 3.41. The first-order chi connectivity index (χ1) is 10.1. The highest BCUT2D eigenvalue weighted by molar-refractivity contribution is 8.15. The molecule has 0 unspecified atom stereocenters. The lowest BCUT2D eigenvalue weighted by atomic mass is 10.0. The normalized spacial score (nSPS) is 16.6. The van der Waals surface area contributed by atoms with E-state index in [1.807, 2.05) is 18.2 Å². The first-order valence-corrected chi connectivity index (χ1v) is 7.95. The number of amides is 3.